The minimum atomic E-state index is 0.605. The summed E-state index contributed by atoms with van der Waals surface area (Å²) < 4.78 is 1.74. The average molecular weight is 210 g/mol. The molecule has 1 unspecified atom stereocenters. The summed E-state index contributed by atoms with van der Waals surface area (Å²) in [6.45, 7) is 5.23. The van der Waals surface area contributed by atoms with Crippen LogP contribution in [0.25, 0.3) is 0 Å². The van der Waals surface area contributed by atoms with E-state index in [1.165, 1.54) is 25.7 Å². The minimum absolute atomic E-state index is 0.605. The van der Waals surface area contributed by atoms with Crippen LogP contribution < -0.4 is 5.32 Å². The first kappa shape index (κ1) is 12.2. The number of aryl methyl sites for hydroxylation is 1. The Labute approximate surface area is 92.1 Å². The second kappa shape index (κ2) is 6.56. The van der Waals surface area contributed by atoms with Gasteiger partial charge in [0.05, 0.1) is 6.54 Å². The molecule has 0 amide bonds. The van der Waals surface area contributed by atoms with Crippen molar-refractivity contribution in [3.8, 4) is 0 Å². The molecule has 0 fully saturated rings. The Hall–Kier alpha value is -0.900. The predicted molar refractivity (Wildman–Crippen MR) is 61.4 cm³/mol. The highest BCUT2D eigenvalue weighted by Gasteiger charge is 2.06. The zero-order valence-electron chi connectivity index (χ0n) is 10.0. The number of hydrogen-bond acceptors (Lipinski definition) is 3. The van der Waals surface area contributed by atoms with Gasteiger partial charge in [-0.05, 0) is 12.8 Å². The molecule has 1 N–H and O–H groups in total. The van der Waals surface area contributed by atoms with E-state index in [0.717, 1.165) is 12.4 Å². The maximum atomic E-state index is 4.24. The lowest BCUT2D eigenvalue weighted by Gasteiger charge is -2.15. The molecule has 4 nitrogen and oxygen atoms in total. The van der Waals surface area contributed by atoms with Crippen LogP contribution in [0.3, 0.4) is 0 Å². The third kappa shape index (κ3) is 4.42. The zero-order chi connectivity index (χ0) is 11.1. The molecule has 0 aliphatic heterocycles. The van der Waals surface area contributed by atoms with Crippen molar-refractivity contribution in [3.63, 3.8) is 0 Å². The molecule has 1 aromatic rings. The van der Waals surface area contributed by atoms with Crippen LogP contribution in [-0.2, 0) is 13.6 Å². The van der Waals surface area contributed by atoms with Gasteiger partial charge in [0.2, 0.25) is 0 Å². The molecule has 86 valence electrons. The number of nitrogens with one attached hydrogen (secondary N) is 1. The Bertz CT molecular complexity index is 269. The molecule has 15 heavy (non-hydrogen) atoms. The first-order chi connectivity index (χ1) is 7.26. The molecule has 0 aliphatic rings. The number of hydrogen-bond donors (Lipinski definition) is 1. The van der Waals surface area contributed by atoms with Gasteiger partial charge in [-0.1, -0.05) is 26.7 Å². The Kier molecular flexibility index (Phi) is 5.32. The quantitative estimate of drug-likeness (QED) is 0.747. The van der Waals surface area contributed by atoms with E-state index < -0.39 is 0 Å². The topological polar surface area (TPSA) is 42.7 Å². The fraction of sp³-hybridized carbons (Fsp3) is 0.818. The summed E-state index contributed by atoms with van der Waals surface area (Å²) in [4.78, 5) is 4.19. The van der Waals surface area contributed by atoms with Gasteiger partial charge in [0.15, 0.2) is 5.82 Å². The van der Waals surface area contributed by atoms with Gasteiger partial charge in [-0.25, -0.2) is 4.98 Å². The van der Waals surface area contributed by atoms with E-state index in [9.17, 15) is 0 Å². The smallest absolute Gasteiger partial charge is 0.164 e. The number of unbranched alkanes of at least 4 members (excludes halogenated alkanes) is 1. The van der Waals surface area contributed by atoms with Gasteiger partial charge >= 0.3 is 0 Å². The molecule has 4 heteroatoms. The molecule has 0 radical (unpaired) electrons. The van der Waals surface area contributed by atoms with Crippen LogP contribution >= 0.6 is 0 Å². The van der Waals surface area contributed by atoms with Crippen LogP contribution in [-0.4, -0.2) is 20.8 Å². The minimum Gasteiger partial charge on any atom is -0.307 e. The van der Waals surface area contributed by atoms with Gasteiger partial charge in [0.1, 0.15) is 6.33 Å². The standard InChI is InChI=1S/C11H22N4/c1-4-6-7-10(5-2)12-8-11-13-9-15(3)14-11/h9-10,12H,4-8H2,1-3H3. The van der Waals surface area contributed by atoms with Gasteiger partial charge in [-0.2, -0.15) is 5.10 Å². The third-order valence-corrected chi connectivity index (χ3v) is 2.59. The Morgan fingerprint density at radius 1 is 1.47 bits per heavy atom. The second-order valence-corrected chi connectivity index (χ2v) is 3.96. The molecule has 0 saturated carbocycles. The Morgan fingerprint density at radius 3 is 2.80 bits per heavy atom. The molecule has 0 aromatic carbocycles. The van der Waals surface area contributed by atoms with Crippen molar-refractivity contribution in [3.05, 3.63) is 12.2 Å². The van der Waals surface area contributed by atoms with Crippen LogP contribution in [0.15, 0.2) is 6.33 Å². The monoisotopic (exact) mass is 210 g/mol. The van der Waals surface area contributed by atoms with E-state index in [2.05, 4.69) is 29.2 Å². The summed E-state index contributed by atoms with van der Waals surface area (Å²) >= 11 is 0. The van der Waals surface area contributed by atoms with E-state index >= 15 is 0 Å². The zero-order valence-corrected chi connectivity index (χ0v) is 10.0. The van der Waals surface area contributed by atoms with Gasteiger partial charge < -0.3 is 5.32 Å². The molecular weight excluding hydrogens is 188 g/mol. The van der Waals surface area contributed by atoms with E-state index in [1.54, 1.807) is 11.0 Å². The fourth-order valence-corrected chi connectivity index (χ4v) is 1.60. The number of aromatic nitrogens is 3. The van der Waals surface area contributed by atoms with E-state index in [1.807, 2.05) is 7.05 Å². The van der Waals surface area contributed by atoms with Crippen molar-refractivity contribution in [1.82, 2.24) is 20.1 Å². The highest BCUT2D eigenvalue weighted by molar-refractivity contribution is 4.81. The lowest BCUT2D eigenvalue weighted by Crippen LogP contribution is -2.28. The SMILES string of the molecule is CCCCC(CC)NCc1ncn(C)n1. The maximum Gasteiger partial charge on any atom is 0.164 e. The lowest BCUT2D eigenvalue weighted by molar-refractivity contribution is 0.445. The summed E-state index contributed by atoms with van der Waals surface area (Å²) in [7, 11) is 1.89. The first-order valence-electron chi connectivity index (χ1n) is 5.84. The second-order valence-electron chi connectivity index (χ2n) is 3.96. The molecule has 1 rings (SSSR count). The van der Waals surface area contributed by atoms with Crippen molar-refractivity contribution in [2.45, 2.75) is 52.1 Å². The summed E-state index contributed by atoms with van der Waals surface area (Å²) in [6.07, 6.45) is 6.72. The Morgan fingerprint density at radius 2 is 2.27 bits per heavy atom. The molecule has 0 bridgehead atoms. The van der Waals surface area contributed by atoms with Gasteiger partial charge in [0.25, 0.3) is 0 Å². The Balaban J connectivity index is 2.27. The van der Waals surface area contributed by atoms with Crippen molar-refractivity contribution < 1.29 is 0 Å². The van der Waals surface area contributed by atoms with Crippen LogP contribution in [0.4, 0.5) is 0 Å². The lowest BCUT2D eigenvalue weighted by atomic mass is 10.1. The molecule has 0 spiro atoms. The van der Waals surface area contributed by atoms with Crippen LogP contribution in [0.2, 0.25) is 0 Å². The largest absolute Gasteiger partial charge is 0.307 e. The summed E-state index contributed by atoms with van der Waals surface area (Å²) in [5.41, 5.74) is 0. The molecule has 1 aromatic heterocycles. The fourth-order valence-electron chi connectivity index (χ4n) is 1.60. The normalized spacial score (nSPS) is 13.0. The highest BCUT2D eigenvalue weighted by Crippen LogP contribution is 2.04. The van der Waals surface area contributed by atoms with E-state index in [0.29, 0.717) is 6.04 Å². The van der Waals surface area contributed by atoms with Crippen molar-refractivity contribution in [1.29, 1.82) is 0 Å². The summed E-state index contributed by atoms with van der Waals surface area (Å²) in [6, 6.07) is 0.605. The summed E-state index contributed by atoms with van der Waals surface area (Å²) in [5, 5.41) is 7.74. The van der Waals surface area contributed by atoms with E-state index in [4.69, 9.17) is 0 Å². The average Bonchev–Trinajstić information content (AvgIpc) is 2.65. The number of rotatable bonds is 7. The molecule has 1 atom stereocenters. The van der Waals surface area contributed by atoms with Crippen LogP contribution in [0.1, 0.15) is 45.4 Å². The molecule has 1 heterocycles. The molecule has 0 aliphatic carbocycles. The van der Waals surface area contributed by atoms with Crippen molar-refractivity contribution in [2.24, 2.45) is 7.05 Å². The third-order valence-electron chi connectivity index (χ3n) is 2.59. The van der Waals surface area contributed by atoms with Gasteiger partial charge in [0, 0.05) is 13.1 Å². The van der Waals surface area contributed by atoms with Crippen LogP contribution in [0, 0.1) is 0 Å². The van der Waals surface area contributed by atoms with Gasteiger partial charge in [-0.3, -0.25) is 4.68 Å². The van der Waals surface area contributed by atoms with Gasteiger partial charge in [-0.15, -0.1) is 0 Å². The maximum absolute atomic E-state index is 4.24. The van der Waals surface area contributed by atoms with Crippen LogP contribution in [0.5, 0.6) is 0 Å². The number of nitrogens with zero attached hydrogens (tertiary/aromatic N) is 3. The summed E-state index contributed by atoms with van der Waals surface area (Å²) in [5.74, 6) is 0.882. The highest BCUT2D eigenvalue weighted by atomic mass is 15.3. The molecular formula is C11H22N4. The first-order valence-corrected chi connectivity index (χ1v) is 5.84. The van der Waals surface area contributed by atoms with Crippen molar-refractivity contribution >= 4 is 0 Å². The van der Waals surface area contributed by atoms with E-state index in [-0.39, 0.29) is 0 Å². The predicted octanol–water partition coefficient (Wildman–Crippen LogP) is 1.87. The van der Waals surface area contributed by atoms with Crippen molar-refractivity contribution in [2.75, 3.05) is 0 Å². The molecule has 0 saturated heterocycles.